The monoisotopic (exact) mass is 542 g/mol. The molecule has 1 heterocycles. The second-order valence-electron chi connectivity index (χ2n) is 10.6. The Morgan fingerprint density at radius 2 is 1.70 bits per heavy atom. The number of anilines is 1. The van der Waals surface area contributed by atoms with Gasteiger partial charge in [0.15, 0.2) is 0 Å². The van der Waals surface area contributed by atoms with Crippen LogP contribution in [-0.4, -0.2) is 33.9 Å². The summed E-state index contributed by atoms with van der Waals surface area (Å²) in [5.74, 6) is 1.43. The third kappa shape index (κ3) is 7.20. The normalized spacial score (nSPS) is 11.3. The number of hydrogen-bond donors (Lipinski definition) is 2. The van der Waals surface area contributed by atoms with Crippen molar-refractivity contribution in [3.05, 3.63) is 78.1 Å². The lowest BCUT2D eigenvalue weighted by atomic mass is 10.0. The number of unbranched alkanes of at least 4 members (excludes halogenated alkanes) is 1. The van der Waals surface area contributed by atoms with E-state index in [1.807, 2.05) is 55.5 Å². The minimum atomic E-state index is -0.732. The summed E-state index contributed by atoms with van der Waals surface area (Å²) in [6.45, 7) is 10.6. The number of aryl methyl sites for hydroxylation is 1. The van der Waals surface area contributed by atoms with Crippen molar-refractivity contribution in [2.45, 2.75) is 66.0 Å². The van der Waals surface area contributed by atoms with E-state index in [1.165, 1.54) is 0 Å². The summed E-state index contributed by atoms with van der Waals surface area (Å²) in [6, 6.07) is 21.2. The number of amides is 2. The molecule has 0 spiro atoms. The first kappa shape index (κ1) is 28.7. The molecule has 0 radical (unpaired) electrons. The first-order chi connectivity index (χ1) is 19.2. The van der Waals surface area contributed by atoms with Gasteiger partial charge in [0.2, 0.25) is 0 Å². The fourth-order valence-electron chi connectivity index (χ4n) is 4.45. The van der Waals surface area contributed by atoms with Gasteiger partial charge in [0.05, 0.1) is 11.2 Å². The van der Waals surface area contributed by atoms with E-state index in [1.54, 1.807) is 26.8 Å². The standard InChI is InChI=1S/C32H38N4O4/c1-6-8-16-28-35-29-25(34-30(37)33-7-2)13-11-14-26(29)36(28)21-22-17-19-23(20-18-22)24-12-9-10-15-27(24)39-31(38)40-32(3,4)5/h9-15,17-20H,6-8,16,21H2,1-5H3,(H2,33,34,37). The Hall–Kier alpha value is -4.33. The van der Waals surface area contributed by atoms with Crippen LogP contribution in [0.1, 0.15) is 58.8 Å². The quantitative estimate of drug-likeness (QED) is 0.168. The van der Waals surface area contributed by atoms with Gasteiger partial charge in [0.1, 0.15) is 22.7 Å². The SMILES string of the molecule is CCCCc1nc2c(NC(=O)NCC)cccc2n1Cc1ccc(-c2ccccc2OC(=O)OC(C)(C)C)cc1. The lowest BCUT2D eigenvalue weighted by Crippen LogP contribution is -2.28. The molecule has 1 aromatic heterocycles. The number of ether oxygens (including phenoxy) is 2. The molecule has 0 aliphatic heterocycles. The summed E-state index contributed by atoms with van der Waals surface area (Å²) in [6.07, 6.45) is 2.20. The van der Waals surface area contributed by atoms with E-state index in [0.717, 1.165) is 52.8 Å². The molecule has 0 unspecified atom stereocenters. The molecule has 4 aromatic rings. The topological polar surface area (TPSA) is 94.5 Å². The molecule has 2 amide bonds. The molecule has 210 valence electrons. The smallest absolute Gasteiger partial charge is 0.428 e. The fourth-order valence-corrected chi connectivity index (χ4v) is 4.45. The minimum Gasteiger partial charge on any atom is -0.428 e. The first-order valence-electron chi connectivity index (χ1n) is 13.8. The zero-order valence-corrected chi connectivity index (χ0v) is 23.9. The van der Waals surface area contributed by atoms with E-state index in [9.17, 15) is 9.59 Å². The molecule has 40 heavy (non-hydrogen) atoms. The Bertz CT molecular complexity index is 1470. The van der Waals surface area contributed by atoms with E-state index in [0.29, 0.717) is 24.5 Å². The molecule has 0 fully saturated rings. The molecular weight excluding hydrogens is 504 g/mol. The van der Waals surface area contributed by atoms with E-state index in [2.05, 4.69) is 34.3 Å². The number of rotatable bonds is 9. The van der Waals surface area contributed by atoms with E-state index < -0.39 is 11.8 Å². The van der Waals surface area contributed by atoms with Crippen LogP contribution in [0.3, 0.4) is 0 Å². The third-order valence-electron chi connectivity index (χ3n) is 6.27. The van der Waals surface area contributed by atoms with Crippen LogP contribution in [-0.2, 0) is 17.7 Å². The lowest BCUT2D eigenvalue weighted by Gasteiger charge is -2.19. The molecule has 8 heteroatoms. The van der Waals surface area contributed by atoms with Crippen LogP contribution in [0, 0.1) is 0 Å². The summed E-state index contributed by atoms with van der Waals surface area (Å²) in [5.41, 5.74) is 4.64. The number of nitrogens with one attached hydrogen (secondary N) is 2. The van der Waals surface area contributed by atoms with Gasteiger partial charge < -0.3 is 24.7 Å². The van der Waals surface area contributed by atoms with Crippen LogP contribution in [0.25, 0.3) is 22.2 Å². The molecule has 0 saturated heterocycles. The number of carbonyl (C=O) groups is 2. The van der Waals surface area contributed by atoms with E-state index in [-0.39, 0.29) is 6.03 Å². The number of urea groups is 1. The highest BCUT2D eigenvalue weighted by atomic mass is 16.7. The second-order valence-corrected chi connectivity index (χ2v) is 10.6. The Kier molecular flexibility index (Phi) is 9.09. The Labute approximate surface area is 235 Å². The van der Waals surface area contributed by atoms with Crippen LogP contribution >= 0.6 is 0 Å². The maximum atomic E-state index is 12.3. The van der Waals surface area contributed by atoms with Crippen LogP contribution in [0.5, 0.6) is 5.75 Å². The van der Waals surface area contributed by atoms with Crippen molar-refractivity contribution in [1.29, 1.82) is 0 Å². The van der Waals surface area contributed by atoms with Gasteiger partial charge in [-0.15, -0.1) is 0 Å². The largest absolute Gasteiger partial charge is 0.514 e. The first-order valence-corrected chi connectivity index (χ1v) is 13.8. The van der Waals surface area contributed by atoms with Crippen LogP contribution in [0.2, 0.25) is 0 Å². The Morgan fingerprint density at radius 1 is 0.950 bits per heavy atom. The number of benzene rings is 3. The molecule has 0 saturated carbocycles. The fraction of sp³-hybridized carbons (Fsp3) is 0.344. The summed E-state index contributed by atoms with van der Waals surface area (Å²) < 4.78 is 13.1. The summed E-state index contributed by atoms with van der Waals surface area (Å²) in [4.78, 5) is 29.5. The van der Waals surface area contributed by atoms with Gasteiger partial charge in [0.25, 0.3) is 0 Å². The Balaban J connectivity index is 1.61. The van der Waals surface area contributed by atoms with Gasteiger partial charge >= 0.3 is 12.2 Å². The molecule has 4 rings (SSSR count). The number of hydrogen-bond acceptors (Lipinski definition) is 5. The third-order valence-corrected chi connectivity index (χ3v) is 6.27. The number of fused-ring (bicyclic) bond motifs is 1. The predicted molar refractivity (Wildman–Crippen MR) is 159 cm³/mol. The molecule has 3 aromatic carbocycles. The van der Waals surface area contributed by atoms with Gasteiger partial charge in [-0.1, -0.05) is 61.9 Å². The van der Waals surface area contributed by atoms with Crippen molar-refractivity contribution in [1.82, 2.24) is 14.9 Å². The summed E-state index contributed by atoms with van der Waals surface area (Å²) in [7, 11) is 0. The zero-order chi connectivity index (χ0) is 28.7. The molecule has 2 N–H and O–H groups in total. The highest BCUT2D eigenvalue weighted by Gasteiger charge is 2.20. The minimum absolute atomic E-state index is 0.244. The number of carbonyl (C=O) groups excluding carboxylic acids is 2. The number of nitrogens with zero attached hydrogens (tertiary/aromatic N) is 2. The average Bonchev–Trinajstić information content (AvgIpc) is 3.25. The van der Waals surface area contributed by atoms with Crippen LogP contribution in [0.4, 0.5) is 15.3 Å². The van der Waals surface area contributed by atoms with Gasteiger partial charge in [0, 0.05) is 25.1 Å². The number of para-hydroxylation sites is 2. The molecule has 0 aliphatic carbocycles. The molecule has 0 atom stereocenters. The zero-order valence-electron chi connectivity index (χ0n) is 23.9. The van der Waals surface area contributed by atoms with Crippen molar-refractivity contribution in [3.63, 3.8) is 0 Å². The maximum absolute atomic E-state index is 12.3. The maximum Gasteiger partial charge on any atom is 0.514 e. The lowest BCUT2D eigenvalue weighted by molar-refractivity contribution is 0.0207. The number of aromatic nitrogens is 2. The van der Waals surface area contributed by atoms with Crippen molar-refractivity contribution >= 4 is 28.9 Å². The molecule has 8 nitrogen and oxygen atoms in total. The van der Waals surface area contributed by atoms with Crippen LogP contribution in [0.15, 0.2) is 66.7 Å². The van der Waals surface area contributed by atoms with Crippen molar-refractivity contribution in [2.24, 2.45) is 0 Å². The van der Waals surface area contributed by atoms with E-state index in [4.69, 9.17) is 14.5 Å². The van der Waals surface area contributed by atoms with Crippen molar-refractivity contribution in [3.8, 4) is 16.9 Å². The molecule has 0 bridgehead atoms. The highest BCUT2D eigenvalue weighted by molar-refractivity contribution is 5.99. The molecular formula is C32H38N4O4. The van der Waals surface area contributed by atoms with Gasteiger partial charge in [-0.25, -0.2) is 14.6 Å². The van der Waals surface area contributed by atoms with Gasteiger partial charge in [-0.2, -0.15) is 0 Å². The predicted octanol–water partition coefficient (Wildman–Crippen LogP) is 7.55. The summed E-state index contributed by atoms with van der Waals surface area (Å²) >= 11 is 0. The van der Waals surface area contributed by atoms with E-state index >= 15 is 0 Å². The van der Waals surface area contributed by atoms with Crippen LogP contribution < -0.4 is 15.4 Å². The number of imidazole rings is 1. The van der Waals surface area contributed by atoms with Crippen molar-refractivity contribution < 1.29 is 19.1 Å². The second kappa shape index (κ2) is 12.7. The van der Waals surface area contributed by atoms with Gasteiger partial charge in [-0.3, -0.25) is 0 Å². The molecule has 0 aliphatic rings. The van der Waals surface area contributed by atoms with Crippen molar-refractivity contribution in [2.75, 3.05) is 11.9 Å². The average molecular weight is 543 g/mol. The van der Waals surface area contributed by atoms with Gasteiger partial charge in [-0.05, 0) is 63.4 Å². The summed E-state index contributed by atoms with van der Waals surface area (Å²) in [5, 5.41) is 5.71. The Morgan fingerprint density at radius 3 is 2.40 bits per heavy atom. The highest BCUT2D eigenvalue weighted by Crippen LogP contribution is 2.31.